The van der Waals surface area contributed by atoms with Gasteiger partial charge in [0.05, 0.1) is 11.8 Å². The van der Waals surface area contributed by atoms with Gasteiger partial charge in [-0.3, -0.25) is 10.3 Å². The van der Waals surface area contributed by atoms with Gasteiger partial charge in [0.1, 0.15) is 6.04 Å². The molecule has 1 heterocycles. The summed E-state index contributed by atoms with van der Waals surface area (Å²) in [5.41, 5.74) is 1.16. The van der Waals surface area contributed by atoms with Crippen molar-refractivity contribution in [3.05, 3.63) is 65.5 Å². The van der Waals surface area contributed by atoms with Gasteiger partial charge in [-0.05, 0) is 29.8 Å². The van der Waals surface area contributed by atoms with Gasteiger partial charge in [-0.1, -0.05) is 12.1 Å². The standard InChI is InChI=1S/C14H11F2N3/c15-12-5-4-10(7-13(12)16)14(8-17)19-9-11-3-1-2-6-18-11/h1-7,14,19H,9H2. The highest BCUT2D eigenvalue weighted by Gasteiger charge is 2.12. The van der Waals surface area contributed by atoms with Gasteiger partial charge >= 0.3 is 0 Å². The minimum Gasteiger partial charge on any atom is -0.293 e. The second kappa shape index (κ2) is 6.03. The van der Waals surface area contributed by atoms with E-state index in [2.05, 4.69) is 10.3 Å². The number of benzene rings is 1. The van der Waals surface area contributed by atoms with Crippen molar-refractivity contribution in [1.29, 1.82) is 5.26 Å². The predicted octanol–water partition coefficient (Wildman–Crippen LogP) is 2.71. The number of aromatic nitrogens is 1. The zero-order valence-corrected chi connectivity index (χ0v) is 9.98. The van der Waals surface area contributed by atoms with E-state index in [1.165, 1.54) is 6.07 Å². The minimum absolute atomic E-state index is 0.373. The van der Waals surface area contributed by atoms with Gasteiger partial charge in [0.15, 0.2) is 11.6 Å². The van der Waals surface area contributed by atoms with E-state index in [1.807, 2.05) is 18.2 Å². The Hall–Kier alpha value is -2.32. The summed E-state index contributed by atoms with van der Waals surface area (Å²) in [6.45, 7) is 0.373. The molecule has 2 rings (SSSR count). The zero-order valence-electron chi connectivity index (χ0n) is 9.98. The van der Waals surface area contributed by atoms with Gasteiger partial charge in [0.2, 0.25) is 0 Å². The van der Waals surface area contributed by atoms with Crippen LogP contribution in [-0.4, -0.2) is 4.98 Å². The summed E-state index contributed by atoms with van der Waals surface area (Å²) in [6.07, 6.45) is 1.65. The third-order valence-electron chi connectivity index (χ3n) is 2.62. The van der Waals surface area contributed by atoms with Gasteiger partial charge in [0, 0.05) is 12.7 Å². The Kier molecular flexibility index (Phi) is 4.16. The SMILES string of the molecule is N#CC(NCc1ccccn1)c1ccc(F)c(F)c1. The molecule has 96 valence electrons. The molecule has 1 N–H and O–H groups in total. The Morgan fingerprint density at radius 1 is 1.21 bits per heavy atom. The van der Waals surface area contributed by atoms with Gasteiger partial charge in [0.25, 0.3) is 0 Å². The summed E-state index contributed by atoms with van der Waals surface area (Å²) in [7, 11) is 0. The first-order valence-corrected chi connectivity index (χ1v) is 5.68. The van der Waals surface area contributed by atoms with Crippen molar-refractivity contribution in [3.63, 3.8) is 0 Å². The summed E-state index contributed by atoms with van der Waals surface area (Å²) in [5.74, 6) is -1.89. The quantitative estimate of drug-likeness (QED) is 0.918. The van der Waals surface area contributed by atoms with Crippen LogP contribution in [0.2, 0.25) is 0 Å². The van der Waals surface area contributed by atoms with E-state index in [0.29, 0.717) is 12.1 Å². The van der Waals surface area contributed by atoms with Crippen LogP contribution in [0.4, 0.5) is 8.78 Å². The molecule has 1 aromatic heterocycles. The lowest BCUT2D eigenvalue weighted by atomic mass is 10.1. The lowest BCUT2D eigenvalue weighted by Gasteiger charge is -2.11. The Morgan fingerprint density at radius 2 is 2.05 bits per heavy atom. The molecule has 0 aliphatic heterocycles. The molecular weight excluding hydrogens is 248 g/mol. The van der Waals surface area contributed by atoms with Crippen molar-refractivity contribution in [2.45, 2.75) is 12.6 Å². The second-order valence-electron chi connectivity index (χ2n) is 3.94. The summed E-state index contributed by atoms with van der Waals surface area (Å²) in [6, 6.07) is 10.2. The fraction of sp³-hybridized carbons (Fsp3) is 0.143. The number of pyridine rings is 1. The average Bonchev–Trinajstić information content (AvgIpc) is 2.44. The van der Waals surface area contributed by atoms with Crippen molar-refractivity contribution in [2.75, 3.05) is 0 Å². The van der Waals surface area contributed by atoms with Crippen LogP contribution in [0, 0.1) is 23.0 Å². The molecule has 0 aliphatic rings. The monoisotopic (exact) mass is 259 g/mol. The van der Waals surface area contributed by atoms with Crippen molar-refractivity contribution in [3.8, 4) is 6.07 Å². The number of hydrogen-bond donors (Lipinski definition) is 1. The van der Waals surface area contributed by atoms with Crippen LogP contribution < -0.4 is 5.32 Å². The molecule has 0 fully saturated rings. The van der Waals surface area contributed by atoms with Gasteiger partial charge in [-0.25, -0.2) is 8.78 Å². The van der Waals surface area contributed by atoms with E-state index in [-0.39, 0.29) is 0 Å². The molecule has 0 bridgehead atoms. The van der Waals surface area contributed by atoms with Crippen LogP contribution in [-0.2, 0) is 6.54 Å². The number of hydrogen-bond acceptors (Lipinski definition) is 3. The smallest absolute Gasteiger partial charge is 0.159 e. The van der Waals surface area contributed by atoms with Crippen LogP contribution in [0.3, 0.4) is 0 Å². The number of nitriles is 1. The highest BCUT2D eigenvalue weighted by molar-refractivity contribution is 5.25. The summed E-state index contributed by atoms with van der Waals surface area (Å²) >= 11 is 0. The number of nitrogens with zero attached hydrogens (tertiary/aromatic N) is 2. The highest BCUT2D eigenvalue weighted by Crippen LogP contribution is 2.16. The maximum atomic E-state index is 13.1. The first kappa shape index (κ1) is 13.1. The van der Waals surface area contributed by atoms with E-state index in [9.17, 15) is 8.78 Å². The maximum absolute atomic E-state index is 13.1. The molecule has 1 aromatic carbocycles. The molecule has 1 atom stereocenters. The number of halogens is 2. The molecule has 0 aliphatic carbocycles. The summed E-state index contributed by atoms with van der Waals surface area (Å²) in [5, 5.41) is 12.0. The molecule has 5 heteroatoms. The molecule has 0 amide bonds. The lowest BCUT2D eigenvalue weighted by molar-refractivity contribution is 0.504. The second-order valence-corrected chi connectivity index (χ2v) is 3.94. The molecule has 0 radical (unpaired) electrons. The number of rotatable bonds is 4. The van der Waals surface area contributed by atoms with E-state index in [4.69, 9.17) is 5.26 Å². The van der Waals surface area contributed by atoms with Crippen LogP contribution in [0.25, 0.3) is 0 Å². The largest absolute Gasteiger partial charge is 0.293 e. The van der Waals surface area contributed by atoms with Crippen molar-refractivity contribution >= 4 is 0 Å². The first-order valence-electron chi connectivity index (χ1n) is 5.68. The number of nitrogens with one attached hydrogen (secondary N) is 1. The van der Waals surface area contributed by atoms with Crippen molar-refractivity contribution < 1.29 is 8.78 Å². The molecule has 1 unspecified atom stereocenters. The zero-order chi connectivity index (χ0) is 13.7. The van der Waals surface area contributed by atoms with Gasteiger partial charge in [-0.15, -0.1) is 0 Å². The molecule has 0 spiro atoms. The Morgan fingerprint density at radius 3 is 2.68 bits per heavy atom. The average molecular weight is 259 g/mol. The van der Waals surface area contributed by atoms with E-state index in [1.54, 1.807) is 12.3 Å². The maximum Gasteiger partial charge on any atom is 0.159 e. The molecule has 0 saturated carbocycles. The first-order chi connectivity index (χ1) is 9.20. The highest BCUT2D eigenvalue weighted by atomic mass is 19.2. The Labute approximate surface area is 109 Å². The fourth-order valence-electron chi connectivity index (χ4n) is 1.64. The van der Waals surface area contributed by atoms with Crippen LogP contribution in [0.1, 0.15) is 17.3 Å². The Bertz CT molecular complexity index is 593. The molecular formula is C14H11F2N3. The summed E-state index contributed by atoms with van der Waals surface area (Å²) < 4.78 is 25.9. The third kappa shape index (κ3) is 3.33. The predicted molar refractivity (Wildman–Crippen MR) is 65.8 cm³/mol. The van der Waals surface area contributed by atoms with E-state index < -0.39 is 17.7 Å². The van der Waals surface area contributed by atoms with Gasteiger partial charge < -0.3 is 0 Å². The molecule has 2 aromatic rings. The van der Waals surface area contributed by atoms with Crippen molar-refractivity contribution in [2.24, 2.45) is 0 Å². The summed E-state index contributed by atoms with van der Waals surface area (Å²) in [4.78, 5) is 4.10. The van der Waals surface area contributed by atoms with E-state index >= 15 is 0 Å². The molecule has 0 saturated heterocycles. The lowest BCUT2D eigenvalue weighted by Crippen LogP contribution is -2.20. The van der Waals surface area contributed by atoms with Crippen LogP contribution >= 0.6 is 0 Å². The van der Waals surface area contributed by atoms with E-state index in [0.717, 1.165) is 17.8 Å². The fourth-order valence-corrected chi connectivity index (χ4v) is 1.64. The van der Waals surface area contributed by atoms with Gasteiger partial charge in [-0.2, -0.15) is 5.26 Å². The molecule has 19 heavy (non-hydrogen) atoms. The topological polar surface area (TPSA) is 48.7 Å². The van der Waals surface area contributed by atoms with Crippen LogP contribution in [0.5, 0.6) is 0 Å². The Balaban J connectivity index is 2.08. The van der Waals surface area contributed by atoms with Crippen molar-refractivity contribution in [1.82, 2.24) is 10.3 Å². The normalized spacial score (nSPS) is 11.8. The van der Waals surface area contributed by atoms with Crippen LogP contribution in [0.15, 0.2) is 42.6 Å². The minimum atomic E-state index is -0.961. The molecule has 3 nitrogen and oxygen atoms in total. The third-order valence-corrected chi connectivity index (χ3v) is 2.62.